The van der Waals surface area contributed by atoms with E-state index in [1.165, 1.54) is 18.2 Å². The van der Waals surface area contributed by atoms with Crippen molar-refractivity contribution in [3.63, 3.8) is 0 Å². The molecule has 0 aliphatic carbocycles. The van der Waals surface area contributed by atoms with Gasteiger partial charge in [0.15, 0.2) is 5.78 Å². The van der Waals surface area contributed by atoms with Crippen molar-refractivity contribution in [1.82, 2.24) is 9.80 Å². The first-order chi connectivity index (χ1) is 8.58. The number of piperazine rings is 1. The van der Waals surface area contributed by atoms with Gasteiger partial charge in [-0.1, -0.05) is 6.07 Å². The van der Waals surface area contributed by atoms with E-state index in [9.17, 15) is 14.3 Å². The Bertz CT molecular complexity index is 422. The van der Waals surface area contributed by atoms with Crippen LogP contribution in [0.1, 0.15) is 10.4 Å². The Morgan fingerprint density at radius 1 is 1.33 bits per heavy atom. The molecule has 0 amide bonds. The smallest absolute Gasteiger partial charge is 0.183 e. The van der Waals surface area contributed by atoms with E-state index in [1.54, 1.807) is 0 Å². The number of hydrogen-bond donors (Lipinski definition) is 1. The highest BCUT2D eigenvalue weighted by Crippen LogP contribution is 2.20. The van der Waals surface area contributed by atoms with Crippen molar-refractivity contribution in [3.05, 3.63) is 29.6 Å². The number of benzene rings is 1. The fourth-order valence-electron chi connectivity index (χ4n) is 2.08. The molecular weight excluding hydrogens is 235 g/mol. The predicted molar refractivity (Wildman–Crippen MR) is 66.3 cm³/mol. The van der Waals surface area contributed by atoms with Crippen molar-refractivity contribution in [3.8, 4) is 5.75 Å². The summed E-state index contributed by atoms with van der Waals surface area (Å²) >= 11 is 0. The summed E-state index contributed by atoms with van der Waals surface area (Å²) < 4.78 is 13.5. The van der Waals surface area contributed by atoms with Gasteiger partial charge in [-0.05, 0) is 19.2 Å². The minimum absolute atomic E-state index is 0.155. The second-order valence-electron chi connectivity index (χ2n) is 4.64. The molecule has 1 aromatic carbocycles. The van der Waals surface area contributed by atoms with Gasteiger partial charge in [0, 0.05) is 26.2 Å². The Morgan fingerprint density at radius 2 is 2.00 bits per heavy atom. The molecule has 0 atom stereocenters. The molecular formula is C13H17FN2O2. The second-order valence-corrected chi connectivity index (χ2v) is 4.64. The summed E-state index contributed by atoms with van der Waals surface area (Å²) in [6.45, 7) is 3.53. The number of halogens is 1. The third-order valence-electron chi connectivity index (χ3n) is 3.23. The average Bonchev–Trinajstić information content (AvgIpc) is 2.32. The molecule has 1 aliphatic rings. The van der Waals surface area contributed by atoms with Crippen LogP contribution in [0.25, 0.3) is 0 Å². The number of hydrogen-bond acceptors (Lipinski definition) is 4. The molecule has 4 nitrogen and oxygen atoms in total. The summed E-state index contributed by atoms with van der Waals surface area (Å²) in [4.78, 5) is 16.1. The van der Waals surface area contributed by atoms with Gasteiger partial charge < -0.3 is 10.0 Å². The van der Waals surface area contributed by atoms with Crippen LogP contribution in [-0.2, 0) is 0 Å². The molecule has 1 N–H and O–H groups in total. The molecule has 0 radical (unpaired) electrons. The standard InChI is InChI=1S/C13H17FN2O2/c1-15-5-7-16(8-6-15)9-12(18)13-10(14)3-2-4-11(13)17/h2-4,17H,5-9H2,1H3. The summed E-state index contributed by atoms with van der Waals surface area (Å²) in [5.74, 6) is -1.31. The number of phenols is 1. The van der Waals surface area contributed by atoms with Crippen molar-refractivity contribution in [2.45, 2.75) is 0 Å². The van der Waals surface area contributed by atoms with Gasteiger partial charge in [0.25, 0.3) is 0 Å². The first-order valence-corrected chi connectivity index (χ1v) is 5.99. The summed E-state index contributed by atoms with van der Waals surface area (Å²) in [6, 6.07) is 3.91. The molecule has 98 valence electrons. The minimum Gasteiger partial charge on any atom is -0.507 e. The fraction of sp³-hybridized carbons (Fsp3) is 0.462. The minimum atomic E-state index is -0.658. The number of phenolic OH excluding ortho intramolecular Hbond substituents is 1. The van der Waals surface area contributed by atoms with Crippen LogP contribution in [0.4, 0.5) is 4.39 Å². The lowest BCUT2D eigenvalue weighted by Crippen LogP contribution is -2.46. The second kappa shape index (κ2) is 5.46. The van der Waals surface area contributed by atoms with Crippen LogP contribution < -0.4 is 0 Å². The zero-order valence-corrected chi connectivity index (χ0v) is 10.4. The van der Waals surface area contributed by atoms with E-state index in [0.29, 0.717) is 0 Å². The number of ketones is 1. The maximum Gasteiger partial charge on any atom is 0.183 e. The number of carbonyl (C=O) groups is 1. The lowest BCUT2D eigenvalue weighted by molar-refractivity contribution is 0.0870. The average molecular weight is 252 g/mol. The molecule has 1 saturated heterocycles. The lowest BCUT2D eigenvalue weighted by atomic mass is 10.1. The van der Waals surface area contributed by atoms with Gasteiger partial charge in [-0.25, -0.2) is 4.39 Å². The molecule has 1 fully saturated rings. The van der Waals surface area contributed by atoms with Crippen LogP contribution in [0, 0.1) is 5.82 Å². The number of carbonyl (C=O) groups excluding carboxylic acids is 1. The Hall–Kier alpha value is -1.46. The van der Waals surface area contributed by atoms with Gasteiger partial charge in [0.05, 0.1) is 12.1 Å². The highest BCUT2D eigenvalue weighted by atomic mass is 19.1. The molecule has 1 aromatic rings. The van der Waals surface area contributed by atoms with Crippen LogP contribution in [0.2, 0.25) is 0 Å². The van der Waals surface area contributed by atoms with Crippen LogP contribution in [-0.4, -0.2) is 60.5 Å². The quantitative estimate of drug-likeness (QED) is 0.814. The zero-order valence-electron chi connectivity index (χ0n) is 10.4. The Labute approximate surface area is 106 Å². The fourth-order valence-corrected chi connectivity index (χ4v) is 2.08. The molecule has 0 spiro atoms. The SMILES string of the molecule is CN1CCN(CC(=O)c2c(O)cccc2F)CC1. The number of rotatable bonds is 3. The Balaban J connectivity index is 2.04. The monoisotopic (exact) mass is 252 g/mol. The van der Waals surface area contributed by atoms with Crippen molar-refractivity contribution in [2.24, 2.45) is 0 Å². The first kappa shape index (κ1) is 13.0. The van der Waals surface area contributed by atoms with E-state index in [-0.39, 0.29) is 23.6 Å². The number of likely N-dealkylation sites (N-methyl/N-ethyl adjacent to an activating group) is 1. The van der Waals surface area contributed by atoms with Gasteiger partial charge in [0.2, 0.25) is 0 Å². The molecule has 0 unspecified atom stereocenters. The molecule has 0 bridgehead atoms. The lowest BCUT2D eigenvalue weighted by Gasteiger charge is -2.31. The third kappa shape index (κ3) is 2.86. The summed E-state index contributed by atoms with van der Waals surface area (Å²) in [5, 5.41) is 9.55. The highest BCUT2D eigenvalue weighted by Gasteiger charge is 2.21. The third-order valence-corrected chi connectivity index (χ3v) is 3.23. The molecule has 18 heavy (non-hydrogen) atoms. The van der Waals surface area contributed by atoms with Crippen molar-refractivity contribution < 1.29 is 14.3 Å². The number of nitrogens with zero attached hydrogens (tertiary/aromatic N) is 2. The van der Waals surface area contributed by atoms with Crippen molar-refractivity contribution in [1.29, 1.82) is 0 Å². The summed E-state index contributed by atoms with van der Waals surface area (Å²) in [7, 11) is 2.03. The van der Waals surface area contributed by atoms with E-state index in [0.717, 1.165) is 26.2 Å². The van der Waals surface area contributed by atoms with E-state index in [4.69, 9.17) is 0 Å². The van der Waals surface area contributed by atoms with Crippen LogP contribution in [0.15, 0.2) is 18.2 Å². The zero-order chi connectivity index (χ0) is 13.1. The van der Waals surface area contributed by atoms with Crippen molar-refractivity contribution >= 4 is 5.78 Å². The van der Waals surface area contributed by atoms with E-state index < -0.39 is 5.82 Å². The number of Topliss-reactive ketones (excluding diaryl/α,β-unsaturated/α-hetero) is 1. The maximum absolute atomic E-state index is 13.5. The van der Waals surface area contributed by atoms with Gasteiger partial charge >= 0.3 is 0 Å². The normalized spacial score (nSPS) is 17.9. The van der Waals surface area contributed by atoms with E-state index in [1.807, 2.05) is 11.9 Å². The van der Waals surface area contributed by atoms with Crippen molar-refractivity contribution in [2.75, 3.05) is 39.8 Å². The topological polar surface area (TPSA) is 43.8 Å². The molecule has 2 rings (SSSR count). The van der Waals surface area contributed by atoms with E-state index in [2.05, 4.69) is 4.90 Å². The largest absolute Gasteiger partial charge is 0.507 e. The molecule has 5 heteroatoms. The molecule has 0 aromatic heterocycles. The Morgan fingerprint density at radius 3 is 2.61 bits per heavy atom. The molecule has 1 heterocycles. The number of aromatic hydroxyl groups is 1. The predicted octanol–water partition coefficient (Wildman–Crippen LogP) is 0.961. The maximum atomic E-state index is 13.5. The molecule has 1 aliphatic heterocycles. The summed E-state index contributed by atoms with van der Waals surface area (Å²) in [6.07, 6.45) is 0. The van der Waals surface area contributed by atoms with Gasteiger partial charge in [-0.2, -0.15) is 0 Å². The Kier molecular flexibility index (Phi) is 3.93. The van der Waals surface area contributed by atoms with Crippen LogP contribution in [0.3, 0.4) is 0 Å². The van der Waals surface area contributed by atoms with Gasteiger partial charge in [0.1, 0.15) is 11.6 Å². The first-order valence-electron chi connectivity index (χ1n) is 5.99. The molecule has 0 saturated carbocycles. The summed E-state index contributed by atoms with van der Waals surface area (Å²) in [5.41, 5.74) is -0.198. The van der Waals surface area contributed by atoms with E-state index >= 15 is 0 Å². The van der Waals surface area contributed by atoms with Crippen LogP contribution in [0.5, 0.6) is 5.75 Å². The van der Waals surface area contributed by atoms with Crippen LogP contribution >= 0.6 is 0 Å². The highest BCUT2D eigenvalue weighted by molar-refractivity contribution is 6.00. The van der Waals surface area contributed by atoms with Gasteiger partial charge in [-0.15, -0.1) is 0 Å². The van der Waals surface area contributed by atoms with Gasteiger partial charge in [-0.3, -0.25) is 9.69 Å².